The predicted molar refractivity (Wildman–Crippen MR) is 264 cm³/mol. The van der Waals surface area contributed by atoms with Crippen LogP contribution in [0.4, 0.5) is 5.69 Å². The number of benzene rings is 4. The fourth-order valence-corrected chi connectivity index (χ4v) is 8.91. The van der Waals surface area contributed by atoms with Crippen LogP contribution in [0.15, 0.2) is 186 Å². The van der Waals surface area contributed by atoms with E-state index >= 15 is 0 Å². The van der Waals surface area contributed by atoms with Crippen LogP contribution in [0, 0.1) is 0 Å². The molecule has 2 heterocycles. The molecule has 3 aliphatic rings. The number of allylic oxidation sites excluding steroid dienone is 12. The van der Waals surface area contributed by atoms with Crippen molar-refractivity contribution >= 4 is 57.9 Å². The Morgan fingerprint density at radius 2 is 1.39 bits per heavy atom. The van der Waals surface area contributed by atoms with Crippen LogP contribution in [0.25, 0.3) is 51.2 Å². The third kappa shape index (κ3) is 8.53. The molecule has 2 aromatic heterocycles. The van der Waals surface area contributed by atoms with Crippen LogP contribution in [0.2, 0.25) is 0 Å². The molecule has 0 saturated heterocycles. The number of aryl methyl sites for hydroxylation is 2. The molecule has 3 aliphatic carbocycles. The van der Waals surface area contributed by atoms with Crippen LogP contribution >= 0.6 is 0 Å². The molecule has 0 unspecified atom stereocenters. The van der Waals surface area contributed by atoms with Crippen molar-refractivity contribution in [1.29, 1.82) is 0 Å². The molecule has 0 aliphatic heterocycles. The van der Waals surface area contributed by atoms with Crippen LogP contribution in [0.3, 0.4) is 0 Å². The van der Waals surface area contributed by atoms with Crippen molar-refractivity contribution in [2.75, 3.05) is 5.32 Å². The van der Waals surface area contributed by atoms with E-state index in [1.54, 1.807) is 18.5 Å². The third-order valence-corrected chi connectivity index (χ3v) is 12.0. The van der Waals surface area contributed by atoms with E-state index in [-0.39, 0.29) is 0 Å². The topological polar surface area (TPSA) is 42.2 Å². The second-order valence-electron chi connectivity index (χ2n) is 16.1. The molecule has 9 rings (SSSR count). The number of aromatic nitrogens is 2. The van der Waals surface area contributed by atoms with E-state index in [0.29, 0.717) is 0 Å². The molecule has 0 amide bonds. The third-order valence-electron chi connectivity index (χ3n) is 12.0. The van der Waals surface area contributed by atoms with Gasteiger partial charge in [0.25, 0.3) is 0 Å². The number of anilines is 1. The van der Waals surface area contributed by atoms with Crippen molar-refractivity contribution in [2.45, 2.75) is 59.3 Å². The first-order chi connectivity index (χ1) is 29.9. The van der Waals surface area contributed by atoms with Gasteiger partial charge < -0.3 is 9.88 Å². The summed E-state index contributed by atoms with van der Waals surface area (Å²) in [5, 5.41) is 7.71. The van der Waals surface area contributed by atoms with Crippen molar-refractivity contribution in [3.8, 4) is 5.69 Å². The molecule has 4 nitrogen and oxygen atoms in total. The average Bonchev–Trinajstić information content (AvgIpc) is 3.64. The van der Waals surface area contributed by atoms with E-state index < -0.39 is 0 Å². The van der Waals surface area contributed by atoms with Crippen LogP contribution < -0.4 is 5.32 Å². The number of nitrogens with one attached hydrogen (secondary N) is 1. The number of fused-ring (bicyclic) bond motifs is 9. The summed E-state index contributed by atoms with van der Waals surface area (Å²) >= 11 is 0. The van der Waals surface area contributed by atoms with E-state index in [2.05, 4.69) is 163 Å². The van der Waals surface area contributed by atoms with Crippen LogP contribution in [0.5, 0.6) is 0 Å². The maximum absolute atomic E-state index is 4.13. The fraction of sp³-hybridized carbons (Fsp3) is 0.158. The number of rotatable bonds is 10. The first-order valence-corrected chi connectivity index (χ1v) is 21.4. The van der Waals surface area contributed by atoms with Crippen molar-refractivity contribution < 1.29 is 0 Å². The van der Waals surface area contributed by atoms with Gasteiger partial charge in [-0.3, -0.25) is 9.98 Å². The SMILES string of the molecule is C=C/C(=C\C=C(C)C)c1ccncc1.C=C/C=C\C(Nc1ccc(-n2c3c(c4ccccc42)C=C(C2=Cc4c5c(c6ccccc6c4CC2)CCC=C5)CC3)cc1)=C(/C)N=C. The number of hydrogen-bond donors (Lipinski definition) is 1. The lowest BCUT2D eigenvalue weighted by Gasteiger charge is -2.27. The molecule has 6 aromatic rings. The molecule has 0 radical (unpaired) electrons. The molecule has 4 heteroatoms. The molecule has 0 fully saturated rings. The molecular formula is C57H54N4. The first kappa shape index (κ1) is 40.7. The van der Waals surface area contributed by atoms with Crippen molar-refractivity contribution in [3.05, 3.63) is 220 Å². The zero-order chi connectivity index (χ0) is 42.3. The lowest BCUT2D eigenvalue weighted by Crippen LogP contribution is -2.11. The fourth-order valence-electron chi connectivity index (χ4n) is 8.91. The highest BCUT2D eigenvalue weighted by Gasteiger charge is 2.26. The van der Waals surface area contributed by atoms with Gasteiger partial charge in [-0.05, 0) is 176 Å². The summed E-state index contributed by atoms with van der Waals surface area (Å²) in [7, 11) is 0. The Hall–Kier alpha value is -7.04. The molecule has 61 heavy (non-hydrogen) atoms. The van der Waals surface area contributed by atoms with Gasteiger partial charge in [-0.15, -0.1) is 0 Å². The molecule has 0 saturated carbocycles. The van der Waals surface area contributed by atoms with Gasteiger partial charge in [0.1, 0.15) is 0 Å². The zero-order valence-electron chi connectivity index (χ0n) is 35.7. The summed E-state index contributed by atoms with van der Waals surface area (Å²) in [6.45, 7) is 17.4. The Morgan fingerprint density at radius 1 is 0.721 bits per heavy atom. The Morgan fingerprint density at radius 3 is 2.08 bits per heavy atom. The summed E-state index contributed by atoms with van der Waals surface area (Å²) in [6, 6.07) is 30.6. The average molecular weight is 795 g/mol. The monoisotopic (exact) mass is 794 g/mol. The number of nitrogens with zero attached hydrogens (tertiary/aromatic N) is 3. The van der Waals surface area contributed by atoms with Gasteiger partial charge in [-0.1, -0.05) is 110 Å². The number of aliphatic imine (C=N–C) groups is 1. The lowest BCUT2D eigenvalue weighted by atomic mass is 9.77. The van der Waals surface area contributed by atoms with Crippen molar-refractivity contribution in [3.63, 3.8) is 0 Å². The molecule has 0 atom stereocenters. The van der Waals surface area contributed by atoms with Crippen LogP contribution in [-0.2, 0) is 19.3 Å². The van der Waals surface area contributed by atoms with Crippen LogP contribution in [-0.4, -0.2) is 16.3 Å². The van der Waals surface area contributed by atoms with E-state index in [1.807, 2.05) is 37.3 Å². The van der Waals surface area contributed by atoms with Crippen LogP contribution in [0.1, 0.15) is 79.1 Å². The second-order valence-corrected chi connectivity index (χ2v) is 16.1. The number of para-hydroxylation sites is 1. The van der Waals surface area contributed by atoms with E-state index in [9.17, 15) is 0 Å². The molecule has 0 bridgehead atoms. The standard InChI is InChI=1S/C44H39N3.C13H15N/c1-4-5-17-42(29(2)45-3)46-32-21-23-33(24-22-32)47-43-18-11-10-16-39(43)41-28-31(20-26-44(41)47)30-19-25-38-36-14-7-6-12-34(36)35-13-8-9-15-37(35)40(38)27-30;1-4-12(6-5-11(2)3)13-7-9-14-10-8-13/h4-7,9-12,14-18,21-24,27-28,46H,1,3,8,13,19-20,25-26H2,2H3;4-10H,1H2,2-3H3/b17-5-,42-29-;12-6+. The highest BCUT2D eigenvalue weighted by molar-refractivity contribution is 5.98. The number of hydrogen-bond acceptors (Lipinski definition) is 3. The summed E-state index contributed by atoms with van der Waals surface area (Å²) in [6.07, 6.45) is 31.5. The molecule has 1 N–H and O–H groups in total. The van der Waals surface area contributed by atoms with E-state index in [4.69, 9.17) is 0 Å². The van der Waals surface area contributed by atoms with Gasteiger partial charge in [0.2, 0.25) is 0 Å². The van der Waals surface area contributed by atoms with E-state index in [0.717, 1.165) is 66.7 Å². The summed E-state index contributed by atoms with van der Waals surface area (Å²) in [4.78, 5) is 8.11. The maximum atomic E-state index is 4.13. The second kappa shape index (κ2) is 18.5. The summed E-state index contributed by atoms with van der Waals surface area (Å²) < 4.78 is 2.46. The van der Waals surface area contributed by atoms with Crippen molar-refractivity contribution in [2.24, 2.45) is 4.99 Å². The minimum atomic E-state index is 0.835. The summed E-state index contributed by atoms with van der Waals surface area (Å²) in [5.74, 6) is 0. The Balaban J connectivity index is 0.000000314. The van der Waals surface area contributed by atoms with Gasteiger partial charge in [0.05, 0.1) is 16.9 Å². The molecule has 4 aromatic carbocycles. The van der Waals surface area contributed by atoms with Gasteiger partial charge >= 0.3 is 0 Å². The normalized spacial score (nSPS) is 14.7. The zero-order valence-corrected chi connectivity index (χ0v) is 35.7. The molecule has 302 valence electrons. The Kier molecular flexibility index (Phi) is 12.3. The van der Waals surface area contributed by atoms with Gasteiger partial charge in [-0.25, -0.2) is 0 Å². The first-order valence-electron chi connectivity index (χ1n) is 21.4. The highest BCUT2D eigenvalue weighted by atomic mass is 15.0. The quantitative estimate of drug-likeness (QED) is 0.111. The maximum Gasteiger partial charge on any atom is 0.0599 e. The summed E-state index contributed by atoms with van der Waals surface area (Å²) in [5.41, 5.74) is 20.4. The minimum Gasteiger partial charge on any atom is -0.354 e. The Labute approximate surface area is 361 Å². The van der Waals surface area contributed by atoms with Gasteiger partial charge in [0.15, 0.2) is 0 Å². The predicted octanol–water partition coefficient (Wildman–Crippen LogP) is 14.8. The van der Waals surface area contributed by atoms with Gasteiger partial charge in [0, 0.05) is 40.4 Å². The number of pyridine rings is 1. The largest absolute Gasteiger partial charge is 0.354 e. The van der Waals surface area contributed by atoms with E-state index in [1.165, 1.54) is 77.6 Å². The highest BCUT2D eigenvalue weighted by Crippen LogP contribution is 2.43. The molecule has 0 spiro atoms. The molecular weight excluding hydrogens is 741 g/mol. The Bertz CT molecular complexity index is 2880. The minimum absolute atomic E-state index is 0.835. The lowest BCUT2D eigenvalue weighted by molar-refractivity contribution is 0.837. The van der Waals surface area contributed by atoms with Crippen molar-refractivity contribution in [1.82, 2.24) is 9.55 Å². The smallest absolute Gasteiger partial charge is 0.0599 e. The van der Waals surface area contributed by atoms with Gasteiger partial charge in [-0.2, -0.15) is 0 Å².